The molecule has 4 heteroatoms. The molecule has 1 saturated carbocycles. The fraction of sp³-hybridized carbons (Fsp3) is 0.700. The summed E-state index contributed by atoms with van der Waals surface area (Å²) in [5.74, 6) is 0.866. The number of likely N-dealkylation sites (N-methyl/N-ethyl adjacent to an activating group) is 1. The zero-order valence-corrected chi connectivity index (χ0v) is 8.60. The fourth-order valence-electron chi connectivity index (χ4n) is 1.81. The van der Waals surface area contributed by atoms with E-state index in [1.54, 1.807) is 0 Å². The van der Waals surface area contributed by atoms with Gasteiger partial charge in [0.05, 0.1) is 11.8 Å². The van der Waals surface area contributed by atoms with Crippen molar-refractivity contribution in [3.63, 3.8) is 0 Å². The van der Waals surface area contributed by atoms with Crippen LogP contribution >= 0.6 is 0 Å². The molecule has 2 unspecified atom stereocenters. The molecule has 1 N–H and O–H groups in total. The number of aliphatic hydroxyl groups is 1. The number of aliphatic hydroxyl groups excluding tert-OH is 1. The summed E-state index contributed by atoms with van der Waals surface area (Å²) in [4.78, 5) is 6.27. The molecule has 0 aliphatic heterocycles. The Kier molecular flexibility index (Phi) is 2.56. The molecule has 1 aliphatic carbocycles. The molecule has 1 heterocycles. The van der Waals surface area contributed by atoms with Crippen molar-refractivity contribution < 1.29 is 9.52 Å². The Balaban J connectivity index is 1.94. The van der Waals surface area contributed by atoms with Gasteiger partial charge in [0.15, 0.2) is 6.39 Å². The number of hydrogen-bond donors (Lipinski definition) is 1. The molecular formula is C10H16N2O2. The van der Waals surface area contributed by atoms with Gasteiger partial charge in [0.1, 0.15) is 5.76 Å². The molecule has 1 aromatic heterocycles. The first kappa shape index (κ1) is 9.68. The molecule has 4 nitrogen and oxygen atoms in total. The lowest BCUT2D eigenvalue weighted by Crippen LogP contribution is -2.48. The molecule has 2 rings (SSSR count). The highest BCUT2D eigenvalue weighted by Crippen LogP contribution is 2.25. The van der Waals surface area contributed by atoms with Gasteiger partial charge in [-0.1, -0.05) is 0 Å². The lowest BCUT2D eigenvalue weighted by molar-refractivity contribution is -0.0135. The Labute approximate surface area is 83.5 Å². The number of nitrogens with zero attached hydrogens (tertiary/aromatic N) is 2. The monoisotopic (exact) mass is 196 g/mol. The third kappa shape index (κ3) is 1.67. The first-order valence-corrected chi connectivity index (χ1v) is 4.95. The molecule has 0 bridgehead atoms. The molecule has 0 radical (unpaired) electrons. The van der Waals surface area contributed by atoms with Gasteiger partial charge in [-0.3, -0.25) is 4.90 Å². The third-order valence-corrected chi connectivity index (χ3v) is 3.01. The molecule has 14 heavy (non-hydrogen) atoms. The summed E-state index contributed by atoms with van der Waals surface area (Å²) in [5.41, 5.74) is 0.964. The lowest BCUT2D eigenvalue weighted by Gasteiger charge is -2.39. The van der Waals surface area contributed by atoms with Gasteiger partial charge in [0.2, 0.25) is 0 Å². The Hall–Kier alpha value is -0.870. The van der Waals surface area contributed by atoms with Gasteiger partial charge < -0.3 is 9.52 Å². The highest BCUT2D eigenvalue weighted by atomic mass is 16.3. The summed E-state index contributed by atoms with van der Waals surface area (Å²) in [6, 6.07) is 0.297. The molecule has 78 valence electrons. The standard InChI is InChI=1S/C10H16N2O2/c1-7-8(11-6-14-7)5-12(2)9-3-4-10(9)13/h6,9-10,13H,3-5H2,1-2H3. The Bertz CT molecular complexity index is 311. The van der Waals surface area contributed by atoms with E-state index in [0.717, 1.165) is 30.8 Å². The zero-order valence-electron chi connectivity index (χ0n) is 8.60. The smallest absolute Gasteiger partial charge is 0.181 e. The summed E-state index contributed by atoms with van der Waals surface area (Å²) in [6.45, 7) is 2.66. The van der Waals surface area contributed by atoms with Crippen molar-refractivity contribution in [2.24, 2.45) is 0 Å². The number of aromatic nitrogens is 1. The van der Waals surface area contributed by atoms with Gasteiger partial charge in [-0.05, 0) is 26.8 Å². The molecule has 0 amide bonds. The summed E-state index contributed by atoms with van der Waals surface area (Å²) in [7, 11) is 2.02. The minimum Gasteiger partial charge on any atom is -0.448 e. The normalized spacial score (nSPS) is 26.6. The number of aryl methyl sites for hydroxylation is 1. The lowest BCUT2D eigenvalue weighted by atomic mass is 9.88. The van der Waals surface area contributed by atoms with Crippen molar-refractivity contribution in [1.82, 2.24) is 9.88 Å². The summed E-state index contributed by atoms with van der Waals surface area (Å²) < 4.78 is 5.12. The molecule has 1 fully saturated rings. The van der Waals surface area contributed by atoms with Crippen LogP contribution in [0.3, 0.4) is 0 Å². The Morgan fingerprint density at radius 1 is 1.64 bits per heavy atom. The summed E-state index contributed by atoms with van der Waals surface area (Å²) >= 11 is 0. The van der Waals surface area contributed by atoms with E-state index in [1.807, 2.05) is 14.0 Å². The topological polar surface area (TPSA) is 49.5 Å². The van der Waals surface area contributed by atoms with E-state index in [-0.39, 0.29) is 6.10 Å². The van der Waals surface area contributed by atoms with Gasteiger partial charge in [-0.2, -0.15) is 0 Å². The molecular weight excluding hydrogens is 180 g/mol. The van der Waals surface area contributed by atoms with E-state index in [2.05, 4.69) is 9.88 Å². The molecule has 1 aliphatic rings. The van der Waals surface area contributed by atoms with Crippen LogP contribution in [0.5, 0.6) is 0 Å². The minimum atomic E-state index is -0.160. The zero-order chi connectivity index (χ0) is 10.1. The second-order valence-electron chi connectivity index (χ2n) is 3.98. The largest absolute Gasteiger partial charge is 0.448 e. The molecule has 1 aromatic rings. The average molecular weight is 196 g/mol. The van der Waals surface area contributed by atoms with Gasteiger partial charge >= 0.3 is 0 Å². The quantitative estimate of drug-likeness (QED) is 0.781. The SMILES string of the molecule is Cc1ocnc1CN(C)C1CCC1O. The van der Waals surface area contributed by atoms with Crippen molar-refractivity contribution in [2.45, 2.75) is 38.5 Å². The Morgan fingerprint density at radius 2 is 2.43 bits per heavy atom. The predicted octanol–water partition coefficient (Wildman–Crippen LogP) is 0.938. The van der Waals surface area contributed by atoms with Crippen molar-refractivity contribution in [3.05, 3.63) is 17.8 Å². The van der Waals surface area contributed by atoms with Crippen LogP contribution in [0.1, 0.15) is 24.3 Å². The highest BCUT2D eigenvalue weighted by Gasteiger charge is 2.32. The van der Waals surface area contributed by atoms with E-state index >= 15 is 0 Å². The fourth-order valence-corrected chi connectivity index (χ4v) is 1.81. The maximum absolute atomic E-state index is 9.49. The van der Waals surface area contributed by atoms with Gasteiger partial charge in [0.25, 0.3) is 0 Å². The Morgan fingerprint density at radius 3 is 2.86 bits per heavy atom. The summed E-state index contributed by atoms with van der Waals surface area (Å²) in [6.07, 6.45) is 3.31. The second-order valence-corrected chi connectivity index (χ2v) is 3.98. The van der Waals surface area contributed by atoms with Crippen LogP contribution in [0, 0.1) is 6.92 Å². The van der Waals surface area contributed by atoms with E-state index in [0.29, 0.717) is 6.04 Å². The van der Waals surface area contributed by atoms with Crippen molar-refractivity contribution >= 4 is 0 Å². The van der Waals surface area contributed by atoms with Crippen LogP contribution in [0.2, 0.25) is 0 Å². The van der Waals surface area contributed by atoms with Crippen molar-refractivity contribution in [1.29, 1.82) is 0 Å². The predicted molar refractivity (Wildman–Crippen MR) is 51.7 cm³/mol. The molecule has 0 aromatic carbocycles. The molecule has 2 atom stereocenters. The number of hydrogen-bond acceptors (Lipinski definition) is 4. The van der Waals surface area contributed by atoms with Crippen molar-refractivity contribution in [2.75, 3.05) is 7.05 Å². The first-order valence-electron chi connectivity index (χ1n) is 4.95. The van der Waals surface area contributed by atoms with E-state index in [4.69, 9.17) is 4.42 Å². The second kappa shape index (κ2) is 3.71. The van der Waals surface area contributed by atoms with Crippen LogP contribution in [-0.4, -0.2) is 34.2 Å². The summed E-state index contributed by atoms with van der Waals surface area (Å²) in [5, 5.41) is 9.49. The number of oxazole rings is 1. The maximum atomic E-state index is 9.49. The highest BCUT2D eigenvalue weighted by molar-refractivity contribution is 5.05. The van der Waals surface area contributed by atoms with Crippen LogP contribution in [0.4, 0.5) is 0 Å². The van der Waals surface area contributed by atoms with E-state index in [1.165, 1.54) is 6.39 Å². The molecule has 0 spiro atoms. The van der Waals surface area contributed by atoms with Gasteiger partial charge in [-0.25, -0.2) is 4.98 Å². The first-order chi connectivity index (χ1) is 6.68. The number of rotatable bonds is 3. The third-order valence-electron chi connectivity index (χ3n) is 3.01. The van der Waals surface area contributed by atoms with E-state index < -0.39 is 0 Å². The minimum absolute atomic E-state index is 0.160. The van der Waals surface area contributed by atoms with Crippen LogP contribution in [0.15, 0.2) is 10.8 Å². The van der Waals surface area contributed by atoms with Crippen LogP contribution in [-0.2, 0) is 6.54 Å². The maximum Gasteiger partial charge on any atom is 0.181 e. The van der Waals surface area contributed by atoms with Crippen LogP contribution < -0.4 is 0 Å². The van der Waals surface area contributed by atoms with Crippen molar-refractivity contribution in [3.8, 4) is 0 Å². The van der Waals surface area contributed by atoms with Crippen LogP contribution in [0.25, 0.3) is 0 Å². The molecule has 0 saturated heterocycles. The van der Waals surface area contributed by atoms with E-state index in [9.17, 15) is 5.11 Å². The van der Waals surface area contributed by atoms with Gasteiger partial charge in [0, 0.05) is 12.6 Å². The average Bonchev–Trinajstić information content (AvgIpc) is 2.49. The van der Waals surface area contributed by atoms with Gasteiger partial charge in [-0.15, -0.1) is 0 Å².